The van der Waals surface area contributed by atoms with Gasteiger partial charge in [0.2, 0.25) is 0 Å². The molecule has 0 saturated heterocycles. The van der Waals surface area contributed by atoms with Crippen LogP contribution in [0.3, 0.4) is 0 Å². The summed E-state index contributed by atoms with van der Waals surface area (Å²) >= 11 is 0. The predicted molar refractivity (Wildman–Crippen MR) is 88.3 cm³/mol. The zero-order valence-corrected chi connectivity index (χ0v) is 15.0. The van der Waals surface area contributed by atoms with E-state index in [-0.39, 0.29) is 0 Å². The van der Waals surface area contributed by atoms with Crippen molar-refractivity contribution in [1.29, 1.82) is 0 Å². The second-order valence-corrected chi connectivity index (χ2v) is 9.72. The van der Waals surface area contributed by atoms with Crippen molar-refractivity contribution < 1.29 is 8.85 Å². The Balaban J connectivity index is 2.21. The van der Waals surface area contributed by atoms with E-state index in [1.807, 2.05) is 0 Å². The van der Waals surface area contributed by atoms with E-state index in [4.69, 9.17) is 8.85 Å². The van der Waals surface area contributed by atoms with Crippen molar-refractivity contribution in [3.63, 3.8) is 0 Å². The van der Waals surface area contributed by atoms with Crippen LogP contribution in [0, 0.1) is 11.8 Å². The lowest BCUT2D eigenvalue weighted by Crippen LogP contribution is -2.42. The molecule has 1 N–H and O–H groups in total. The maximum atomic E-state index is 5.93. The molecule has 0 spiro atoms. The zero-order chi connectivity index (χ0) is 14.8. The lowest BCUT2D eigenvalue weighted by Gasteiger charge is -2.29. The molecular weight excluding hydrogens is 266 g/mol. The summed E-state index contributed by atoms with van der Waals surface area (Å²) < 4.78 is 11.9. The standard InChI is InChI=1S/C16H35NO2Si/c1-5-18-20(4,19-6-2)14-15(3)12-17-13-16-10-8-7-9-11-16/h15-17H,5-14H2,1-4H3. The van der Waals surface area contributed by atoms with Gasteiger partial charge in [0, 0.05) is 13.2 Å². The van der Waals surface area contributed by atoms with E-state index in [0.717, 1.165) is 31.7 Å². The predicted octanol–water partition coefficient (Wildman–Crippen LogP) is 3.94. The van der Waals surface area contributed by atoms with E-state index in [0.29, 0.717) is 5.92 Å². The van der Waals surface area contributed by atoms with Crippen molar-refractivity contribution in [3.8, 4) is 0 Å². The average Bonchev–Trinajstić information content (AvgIpc) is 2.40. The highest BCUT2D eigenvalue weighted by Gasteiger charge is 2.32. The second-order valence-electron chi connectivity index (χ2n) is 6.47. The molecule has 0 radical (unpaired) electrons. The first-order valence-corrected chi connectivity index (χ1v) is 11.1. The Morgan fingerprint density at radius 2 is 1.70 bits per heavy atom. The molecule has 1 fully saturated rings. The van der Waals surface area contributed by atoms with Crippen LogP contribution in [0.2, 0.25) is 12.6 Å². The zero-order valence-electron chi connectivity index (χ0n) is 14.0. The van der Waals surface area contributed by atoms with Gasteiger partial charge in [0.05, 0.1) is 0 Å². The van der Waals surface area contributed by atoms with Crippen LogP contribution in [0.25, 0.3) is 0 Å². The van der Waals surface area contributed by atoms with E-state index < -0.39 is 8.56 Å². The molecule has 120 valence electrons. The van der Waals surface area contributed by atoms with Crippen LogP contribution in [-0.2, 0) is 8.85 Å². The van der Waals surface area contributed by atoms with Crippen molar-refractivity contribution in [3.05, 3.63) is 0 Å². The molecule has 1 aliphatic rings. The fourth-order valence-electron chi connectivity index (χ4n) is 3.40. The minimum absolute atomic E-state index is 0.633. The maximum absolute atomic E-state index is 5.93. The van der Waals surface area contributed by atoms with E-state index in [9.17, 15) is 0 Å². The van der Waals surface area contributed by atoms with Crippen molar-refractivity contribution in [2.24, 2.45) is 11.8 Å². The second kappa shape index (κ2) is 9.93. The molecule has 0 aromatic carbocycles. The summed E-state index contributed by atoms with van der Waals surface area (Å²) in [7, 11) is -1.94. The van der Waals surface area contributed by atoms with Gasteiger partial charge in [0.15, 0.2) is 0 Å². The molecule has 1 aliphatic carbocycles. The SMILES string of the molecule is CCO[Si](C)(CC(C)CNCC1CCCCC1)OCC. The molecule has 0 aromatic rings. The van der Waals surface area contributed by atoms with Gasteiger partial charge in [-0.25, -0.2) is 0 Å². The molecule has 1 atom stereocenters. The fourth-order valence-corrected chi connectivity index (χ4v) is 6.35. The van der Waals surface area contributed by atoms with Gasteiger partial charge in [-0.1, -0.05) is 26.2 Å². The Morgan fingerprint density at radius 1 is 1.10 bits per heavy atom. The van der Waals surface area contributed by atoms with E-state index >= 15 is 0 Å². The Bertz CT molecular complexity index is 239. The van der Waals surface area contributed by atoms with Crippen LogP contribution < -0.4 is 5.32 Å². The van der Waals surface area contributed by atoms with Crippen LogP contribution in [0.15, 0.2) is 0 Å². The van der Waals surface area contributed by atoms with Crippen LogP contribution in [0.4, 0.5) is 0 Å². The lowest BCUT2D eigenvalue weighted by atomic mass is 9.89. The number of rotatable bonds is 10. The highest BCUT2D eigenvalue weighted by Crippen LogP contribution is 2.23. The van der Waals surface area contributed by atoms with Gasteiger partial charge in [0.25, 0.3) is 0 Å². The van der Waals surface area contributed by atoms with Crippen molar-refractivity contribution in [2.45, 2.75) is 65.5 Å². The molecule has 1 unspecified atom stereocenters. The molecule has 0 bridgehead atoms. The molecule has 1 saturated carbocycles. The summed E-state index contributed by atoms with van der Waals surface area (Å²) in [5, 5.41) is 3.67. The van der Waals surface area contributed by atoms with Gasteiger partial charge in [-0.2, -0.15) is 0 Å². The van der Waals surface area contributed by atoms with Crippen LogP contribution in [-0.4, -0.2) is 34.9 Å². The van der Waals surface area contributed by atoms with Gasteiger partial charge in [-0.3, -0.25) is 0 Å². The first-order valence-electron chi connectivity index (χ1n) is 8.58. The van der Waals surface area contributed by atoms with Crippen LogP contribution in [0.1, 0.15) is 52.9 Å². The van der Waals surface area contributed by atoms with E-state index in [2.05, 4.69) is 32.6 Å². The largest absolute Gasteiger partial charge is 0.395 e. The van der Waals surface area contributed by atoms with Gasteiger partial charge in [-0.15, -0.1) is 0 Å². The Labute approximate surface area is 127 Å². The van der Waals surface area contributed by atoms with Crippen molar-refractivity contribution in [1.82, 2.24) is 5.32 Å². The average molecular weight is 302 g/mol. The third-order valence-electron chi connectivity index (χ3n) is 4.27. The van der Waals surface area contributed by atoms with E-state index in [1.165, 1.54) is 38.6 Å². The Morgan fingerprint density at radius 3 is 2.25 bits per heavy atom. The molecule has 4 heteroatoms. The summed E-state index contributed by atoms with van der Waals surface area (Å²) in [6.45, 7) is 12.5. The Kier molecular flexibility index (Phi) is 9.01. The molecule has 3 nitrogen and oxygen atoms in total. The number of nitrogens with one attached hydrogen (secondary N) is 1. The minimum atomic E-state index is -1.94. The van der Waals surface area contributed by atoms with E-state index in [1.54, 1.807) is 0 Å². The quantitative estimate of drug-likeness (QED) is 0.620. The third kappa shape index (κ3) is 7.20. The smallest absolute Gasteiger partial charge is 0.335 e. The van der Waals surface area contributed by atoms with Gasteiger partial charge in [0.1, 0.15) is 0 Å². The summed E-state index contributed by atoms with van der Waals surface area (Å²) in [4.78, 5) is 0. The third-order valence-corrected chi connectivity index (χ3v) is 7.51. The number of hydrogen-bond donors (Lipinski definition) is 1. The topological polar surface area (TPSA) is 30.5 Å². The van der Waals surface area contributed by atoms with Gasteiger partial charge < -0.3 is 14.2 Å². The summed E-state index contributed by atoms with van der Waals surface area (Å²) in [6, 6.07) is 1.09. The molecular formula is C16H35NO2Si. The molecule has 0 aromatic heterocycles. The monoisotopic (exact) mass is 301 g/mol. The van der Waals surface area contributed by atoms with Crippen molar-refractivity contribution >= 4 is 8.56 Å². The van der Waals surface area contributed by atoms with Crippen LogP contribution in [0.5, 0.6) is 0 Å². The highest BCUT2D eigenvalue weighted by molar-refractivity contribution is 6.66. The number of hydrogen-bond acceptors (Lipinski definition) is 3. The molecule has 1 rings (SSSR count). The fraction of sp³-hybridized carbons (Fsp3) is 1.00. The summed E-state index contributed by atoms with van der Waals surface area (Å²) in [6.07, 6.45) is 7.15. The normalized spacial score (nSPS) is 19.2. The van der Waals surface area contributed by atoms with Gasteiger partial charge >= 0.3 is 8.56 Å². The van der Waals surface area contributed by atoms with Gasteiger partial charge in [-0.05, 0) is 64.2 Å². The molecule has 0 amide bonds. The molecule has 0 heterocycles. The Hall–Kier alpha value is 0.0969. The summed E-state index contributed by atoms with van der Waals surface area (Å²) in [5.41, 5.74) is 0. The maximum Gasteiger partial charge on any atom is 0.335 e. The first-order chi connectivity index (χ1) is 9.59. The summed E-state index contributed by atoms with van der Waals surface area (Å²) in [5.74, 6) is 1.55. The lowest BCUT2D eigenvalue weighted by molar-refractivity contribution is 0.184. The molecule has 0 aliphatic heterocycles. The minimum Gasteiger partial charge on any atom is -0.395 e. The highest BCUT2D eigenvalue weighted by atomic mass is 28.4. The first kappa shape index (κ1) is 18.1. The van der Waals surface area contributed by atoms with Crippen LogP contribution >= 0.6 is 0 Å². The molecule has 20 heavy (non-hydrogen) atoms. The van der Waals surface area contributed by atoms with Crippen molar-refractivity contribution in [2.75, 3.05) is 26.3 Å².